The second-order valence-electron chi connectivity index (χ2n) is 4.35. The molecule has 0 amide bonds. The fourth-order valence-electron chi connectivity index (χ4n) is 1.80. The zero-order valence-corrected chi connectivity index (χ0v) is 16.9. The molecule has 0 bridgehead atoms. The van der Waals surface area contributed by atoms with Gasteiger partial charge in [-0.25, -0.2) is 0 Å². The summed E-state index contributed by atoms with van der Waals surface area (Å²) in [4.78, 5) is 0. The quantitative estimate of drug-likeness (QED) is 0.528. The summed E-state index contributed by atoms with van der Waals surface area (Å²) >= 11 is 23.3. The van der Waals surface area contributed by atoms with Crippen LogP contribution < -0.4 is 10.4 Å². The van der Waals surface area contributed by atoms with Crippen molar-refractivity contribution in [2.24, 2.45) is 0 Å². The van der Waals surface area contributed by atoms with Gasteiger partial charge in [-0.1, -0.05) is 55.5 Å². The monoisotopic (exact) mass is 392 g/mol. The molecule has 2 radical (unpaired) electrons. The van der Waals surface area contributed by atoms with E-state index in [9.17, 15) is 0 Å². The molecule has 0 spiro atoms. The molecule has 0 nitrogen and oxygen atoms in total. The average molecular weight is 394 g/mol. The molecule has 2 aromatic rings. The Hall–Kier alpha value is 0.0338. The standard InChI is InChI=1S/C8H9Cl2Si.C7H7Cl2Si/c1-2-7-5-3-4-6-8(7)11(9)10;1-6-4-2-3-5-7(6)10(8)9/h3-6H,2H2,1H3;2-5H,1H3. The maximum Gasteiger partial charge on any atom is 0.307 e. The lowest BCUT2D eigenvalue weighted by molar-refractivity contribution is 1.15. The molecular formula is C15H16Cl4Si2. The molecule has 0 N–H and O–H groups in total. The van der Waals surface area contributed by atoms with Gasteiger partial charge >= 0.3 is 14.8 Å². The van der Waals surface area contributed by atoms with Crippen molar-refractivity contribution in [1.29, 1.82) is 0 Å². The molecular weight excluding hydrogens is 378 g/mol. The van der Waals surface area contributed by atoms with Gasteiger partial charge in [0, 0.05) is 0 Å². The molecule has 6 heteroatoms. The summed E-state index contributed by atoms with van der Waals surface area (Å²) < 4.78 is 0. The van der Waals surface area contributed by atoms with Crippen molar-refractivity contribution < 1.29 is 0 Å². The molecule has 0 saturated heterocycles. The van der Waals surface area contributed by atoms with Crippen LogP contribution in [0.15, 0.2) is 48.5 Å². The van der Waals surface area contributed by atoms with Gasteiger partial charge in [-0.3, -0.25) is 0 Å². The summed E-state index contributed by atoms with van der Waals surface area (Å²) in [5.41, 5.74) is 2.45. The highest BCUT2D eigenvalue weighted by Crippen LogP contribution is 2.04. The summed E-state index contributed by atoms with van der Waals surface area (Å²) in [5, 5.41) is 2.22. The minimum atomic E-state index is -1.31. The maximum absolute atomic E-state index is 5.85. The summed E-state index contributed by atoms with van der Waals surface area (Å²) in [6, 6.07) is 16.0. The third-order valence-electron chi connectivity index (χ3n) is 2.95. The van der Waals surface area contributed by atoms with Crippen LogP contribution in [0.4, 0.5) is 0 Å². The maximum atomic E-state index is 5.85. The van der Waals surface area contributed by atoms with Gasteiger partial charge in [0.05, 0.1) is 0 Å². The largest absolute Gasteiger partial charge is 0.307 e. The first-order chi connectivity index (χ1) is 9.97. The van der Waals surface area contributed by atoms with Crippen LogP contribution >= 0.6 is 44.3 Å². The lowest BCUT2D eigenvalue weighted by Gasteiger charge is -2.04. The summed E-state index contributed by atoms with van der Waals surface area (Å²) in [6.45, 7) is 4.13. The van der Waals surface area contributed by atoms with Gasteiger partial charge in [0.2, 0.25) is 0 Å². The van der Waals surface area contributed by atoms with Crippen molar-refractivity contribution in [2.75, 3.05) is 0 Å². The van der Waals surface area contributed by atoms with Crippen LogP contribution in [0.2, 0.25) is 0 Å². The molecule has 2 aromatic carbocycles. The van der Waals surface area contributed by atoms with E-state index < -0.39 is 14.8 Å². The van der Waals surface area contributed by atoms with Crippen molar-refractivity contribution in [3.8, 4) is 0 Å². The smallest absolute Gasteiger partial charge is 0.140 e. The fourth-order valence-corrected chi connectivity index (χ4v) is 5.51. The highest BCUT2D eigenvalue weighted by atomic mass is 35.7. The van der Waals surface area contributed by atoms with E-state index in [-0.39, 0.29) is 0 Å². The number of aryl methyl sites for hydroxylation is 2. The van der Waals surface area contributed by atoms with E-state index in [1.807, 2.05) is 49.4 Å². The molecule has 112 valence electrons. The number of hydrogen-bond acceptors (Lipinski definition) is 0. The van der Waals surface area contributed by atoms with E-state index in [0.29, 0.717) is 0 Å². The van der Waals surface area contributed by atoms with Crippen LogP contribution in [0.5, 0.6) is 0 Å². The fraction of sp³-hybridized carbons (Fsp3) is 0.200. The van der Waals surface area contributed by atoms with Crippen molar-refractivity contribution in [1.82, 2.24) is 0 Å². The van der Waals surface area contributed by atoms with Crippen molar-refractivity contribution in [3.05, 3.63) is 59.7 Å². The third kappa shape index (κ3) is 6.35. The molecule has 21 heavy (non-hydrogen) atoms. The summed E-state index contributed by atoms with van der Waals surface area (Å²) in [7, 11) is -2.61. The van der Waals surface area contributed by atoms with E-state index in [4.69, 9.17) is 44.3 Å². The Labute approximate surface area is 149 Å². The van der Waals surface area contributed by atoms with Gasteiger partial charge in [-0.2, -0.15) is 0 Å². The molecule has 0 saturated carbocycles. The summed E-state index contributed by atoms with van der Waals surface area (Å²) in [6.07, 6.45) is 1.00. The Kier molecular flexibility index (Phi) is 9.02. The van der Waals surface area contributed by atoms with Gasteiger partial charge in [0.1, 0.15) is 0 Å². The highest BCUT2D eigenvalue weighted by molar-refractivity contribution is 7.40. The third-order valence-corrected chi connectivity index (χ3v) is 7.26. The van der Waals surface area contributed by atoms with Crippen LogP contribution in [-0.2, 0) is 6.42 Å². The number of hydrogen-bond donors (Lipinski definition) is 0. The Morgan fingerprint density at radius 2 is 1.24 bits per heavy atom. The molecule has 0 atom stereocenters. The normalized spacial score (nSPS) is 10.5. The zero-order chi connectivity index (χ0) is 15.8. The van der Waals surface area contributed by atoms with E-state index in [1.165, 1.54) is 11.1 Å². The van der Waals surface area contributed by atoms with E-state index in [0.717, 1.165) is 16.8 Å². The van der Waals surface area contributed by atoms with Crippen molar-refractivity contribution in [2.45, 2.75) is 20.3 Å². The van der Waals surface area contributed by atoms with Crippen LogP contribution in [0.3, 0.4) is 0 Å². The SMILES string of the molecule is CCc1ccccc1[Si](Cl)Cl.Cc1ccccc1[Si](Cl)Cl. The first-order valence-electron chi connectivity index (χ1n) is 6.47. The second kappa shape index (κ2) is 9.93. The minimum absolute atomic E-state index is 1.00. The van der Waals surface area contributed by atoms with E-state index >= 15 is 0 Å². The Morgan fingerprint density at radius 3 is 1.62 bits per heavy atom. The topological polar surface area (TPSA) is 0 Å². The predicted molar refractivity (Wildman–Crippen MR) is 101 cm³/mol. The average Bonchev–Trinajstić information content (AvgIpc) is 2.48. The second-order valence-corrected chi connectivity index (χ2v) is 12.2. The van der Waals surface area contributed by atoms with Gasteiger partial charge in [0.25, 0.3) is 0 Å². The number of halogens is 4. The number of rotatable bonds is 3. The van der Waals surface area contributed by atoms with Crippen LogP contribution in [0.25, 0.3) is 0 Å². The lowest BCUT2D eigenvalue weighted by Crippen LogP contribution is -2.22. The Balaban J connectivity index is 0.000000211. The Bertz CT molecular complexity index is 559. The summed E-state index contributed by atoms with van der Waals surface area (Å²) in [5.74, 6) is 0. The first-order valence-corrected chi connectivity index (χ1v) is 13.5. The van der Waals surface area contributed by atoms with E-state index in [2.05, 4.69) is 13.0 Å². The lowest BCUT2D eigenvalue weighted by atomic mass is 10.2. The first kappa shape index (κ1) is 19.1. The molecule has 0 aromatic heterocycles. The minimum Gasteiger partial charge on any atom is -0.140 e. The van der Waals surface area contributed by atoms with Crippen molar-refractivity contribution >= 4 is 69.5 Å². The number of benzene rings is 2. The molecule has 0 fully saturated rings. The zero-order valence-electron chi connectivity index (χ0n) is 11.8. The van der Waals surface area contributed by atoms with Crippen LogP contribution in [0.1, 0.15) is 18.1 Å². The Morgan fingerprint density at radius 1 is 0.762 bits per heavy atom. The van der Waals surface area contributed by atoms with Crippen LogP contribution in [-0.4, -0.2) is 14.8 Å². The van der Waals surface area contributed by atoms with Gasteiger partial charge in [-0.15, -0.1) is 44.3 Å². The van der Waals surface area contributed by atoms with Crippen LogP contribution in [0, 0.1) is 6.92 Å². The van der Waals surface area contributed by atoms with Gasteiger partial charge < -0.3 is 0 Å². The van der Waals surface area contributed by atoms with Gasteiger partial charge in [-0.05, 0) is 34.8 Å². The molecule has 0 unspecified atom stereocenters. The van der Waals surface area contributed by atoms with E-state index in [1.54, 1.807) is 0 Å². The van der Waals surface area contributed by atoms with Gasteiger partial charge in [0.15, 0.2) is 0 Å². The molecule has 0 aliphatic heterocycles. The molecule has 0 heterocycles. The molecule has 2 rings (SSSR count). The highest BCUT2D eigenvalue weighted by Gasteiger charge is 2.10. The predicted octanol–water partition coefficient (Wildman–Crippen LogP) is 4.59. The molecule has 0 aliphatic rings. The molecule has 0 aliphatic carbocycles. The van der Waals surface area contributed by atoms with Crippen molar-refractivity contribution in [3.63, 3.8) is 0 Å².